The maximum absolute atomic E-state index is 14.5. The Morgan fingerprint density at radius 3 is 1.21 bits per heavy atom. The summed E-state index contributed by atoms with van der Waals surface area (Å²) in [6.07, 6.45) is -2.60. The number of carbonyl (C=O) groups is 12. The molecule has 2 aliphatic rings. The minimum Gasteiger partial charge on any atom is -0.497 e. The number of likely N-dealkylation sites (tertiary alicyclic amines) is 2. The lowest BCUT2D eigenvalue weighted by Crippen LogP contribution is -2.57. The second kappa shape index (κ2) is 52.5. The van der Waals surface area contributed by atoms with Crippen molar-refractivity contribution >= 4 is 88.1 Å². The Morgan fingerprint density at radius 1 is 0.472 bits per heavy atom. The molecule has 4 aromatic carbocycles. The minimum atomic E-state index is -1.51. The predicted octanol–water partition coefficient (Wildman–Crippen LogP) is 12.0. The Bertz CT molecular complexity index is 4050. The summed E-state index contributed by atoms with van der Waals surface area (Å²) in [6, 6.07) is 26.1. The number of methoxy groups -OCH3 is 2. The molecule has 6 N–H and O–H groups in total. The van der Waals surface area contributed by atoms with E-state index in [0.29, 0.717) is 81.8 Å². The SMILES string of the molecule is CC(C)C[C@H](NC(=O)OCc1ccccc1)C(=O)N1CCC[C@H]1C(=O)O.CN[C@@H](Cc1ccc(OC)cc1)C(=O)O[C@H](C)[C@H](NC(=O)OC(C)(C)C)C(=O)OCOCC[Si](C)(C)C.COc1ccc(C[C@@H](C(=O)O[C@H](C)[C@H](NC(=O)OC(C)(C)C)C(=O)OCOCC[Si](C)(C)C)N(C)C(=O)[C@@H]2CCCN2C(=O)[C@H](CC(C)C)NC(=O)OCc2ccccc2)cc1. The van der Waals surface area contributed by atoms with Gasteiger partial charge in [0.1, 0.15) is 84.4 Å². The number of likely N-dealkylation sites (N-methyl/N-ethyl adjacent to an activating group) is 2. The van der Waals surface area contributed by atoms with Gasteiger partial charge in [0.2, 0.25) is 17.7 Å². The third kappa shape index (κ3) is 41.1. The van der Waals surface area contributed by atoms with Crippen molar-refractivity contribution in [3.05, 3.63) is 131 Å². The number of carboxylic acid groups (broad SMARTS) is 1. The van der Waals surface area contributed by atoms with Crippen molar-refractivity contribution in [1.82, 2.24) is 41.3 Å². The summed E-state index contributed by atoms with van der Waals surface area (Å²) >= 11 is 0. The molecule has 6 rings (SSSR count). The first-order valence-corrected chi connectivity index (χ1v) is 49.9. The number of alkyl carbamates (subject to hydrolysis) is 4. The fourth-order valence-corrected chi connectivity index (χ4v) is 14.3. The van der Waals surface area contributed by atoms with Crippen molar-refractivity contribution in [3.63, 3.8) is 0 Å². The quantitative estimate of drug-likeness (QED) is 0.00789. The third-order valence-electron chi connectivity index (χ3n) is 19.5. The first-order chi connectivity index (χ1) is 58.6. The van der Waals surface area contributed by atoms with E-state index in [2.05, 4.69) is 65.9 Å². The zero-order valence-corrected chi connectivity index (χ0v) is 79.1. The minimum absolute atomic E-state index is 0.0110. The Labute approximate surface area is 739 Å². The number of ether oxygens (including phenoxy) is 12. The number of hydrogen-bond acceptors (Lipinski definition) is 25. The van der Waals surface area contributed by atoms with Crippen LogP contribution >= 0.6 is 0 Å². The number of benzene rings is 4. The van der Waals surface area contributed by atoms with Gasteiger partial charge in [0.25, 0.3) is 0 Å². The fraction of sp³-hybridized carbons (Fsp3) is 0.600. The predicted molar refractivity (Wildman–Crippen MR) is 473 cm³/mol. The standard InChI is InChI=1S/C45H68N4O12Si.C26H44N2O8Si.C19H26N2O5/c1-30(2)26-35(46-43(54)58-28-33-16-13-12-14-17-33)39(50)49-23-15-18-36(49)40(51)48(7)37(27-32-19-21-34(56-8)22-20-32)41(52)60-31(3)38(47-44(55)61-45(4,5)6)42(53)59-29-57-24-25-62(9,10)11;1-18(35-23(29)21(27-5)16-19-10-12-20(32-6)13-11-19)22(28-25(31)36-26(2,3)4)24(30)34-17-33-14-15-37(7,8)9;1-13(2)11-15(17(22)21-10-6-9-16(21)18(23)24)20-19(25)26-12-14-7-4-3-5-8-14/h12-14,16-17,19-22,30-31,35-38H,15,18,23-29H2,1-11H3,(H,46,54)(H,47,55);10-13,18,21-22,27H,14-17H2,1-9H3,(H,28,31);3-5,7-8,13,15-16H,6,9-12H2,1-2H3,(H,20,25)(H,23,24)/t31-,35+,36+,37+,38+;18-,21+,22+;15-,16-/m110/s1. The summed E-state index contributed by atoms with van der Waals surface area (Å²) in [4.78, 5) is 161. The maximum atomic E-state index is 14.5. The van der Waals surface area contributed by atoms with Gasteiger partial charge in [-0.15, -0.1) is 0 Å². The number of amides is 7. The van der Waals surface area contributed by atoms with E-state index in [1.165, 1.54) is 42.7 Å². The Hall–Kier alpha value is -10.4. The van der Waals surface area contributed by atoms with E-state index in [9.17, 15) is 62.6 Å². The molecule has 4 aromatic rings. The summed E-state index contributed by atoms with van der Waals surface area (Å²) in [5.74, 6) is -4.06. The average Bonchev–Trinajstić information content (AvgIpc) is 1.74. The maximum Gasteiger partial charge on any atom is 0.408 e. The molecule has 0 unspecified atom stereocenters. The molecular formula is C90H138N8O25Si2. The highest BCUT2D eigenvalue weighted by Gasteiger charge is 2.44. The number of nitrogens with one attached hydrogen (secondary N) is 5. The van der Waals surface area contributed by atoms with Crippen LogP contribution in [-0.2, 0) is 112 Å². The number of carbonyl (C=O) groups excluding carboxylic acids is 11. The zero-order chi connectivity index (χ0) is 93.5. The molecule has 125 heavy (non-hydrogen) atoms. The molecule has 2 heterocycles. The second-order valence-corrected chi connectivity index (χ2v) is 47.3. The van der Waals surface area contributed by atoms with E-state index < -0.39 is 154 Å². The third-order valence-corrected chi connectivity index (χ3v) is 22.9. The van der Waals surface area contributed by atoms with Gasteiger partial charge in [0.05, 0.1) is 14.2 Å². The van der Waals surface area contributed by atoms with Gasteiger partial charge in [-0.2, -0.15) is 0 Å². The molecule has 2 fully saturated rings. The summed E-state index contributed by atoms with van der Waals surface area (Å²) in [7, 11) is 3.49. The summed E-state index contributed by atoms with van der Waals surface area (Å²) in [5, 5.41) is 22.5. The van der Waals surface area contributed by atoms with Crippen molar-refractivity contribution in [3.8, 4) is 11.5 Å². The molecule has 0 aliphatic carbocycles. The smallest absolute Gasteiger partial charge is 0.408 e. The van der Waals surface area contributed by atoms with Crippen LogP contribution < -0.4 is 36.1 Å². The van der Waals surface area contributed by atoms with Gasteiger partial charge in [-0.25, -0.2) is 38.4 Å². The van der Waals surface area contributed by atoms with Crippen molar-refractivity contribution in [2.45, 2.75) is 271 Å². The van der Waals surface area contributed by atoms with Gasteiger partial charge in [0.15, 0.2) is 25.7 Å². The van der Waals surface area contributed by atoms with Crippen molar-refractivity contribution < 1.29 is 119 Å². The Morgan fingerprint density at radius 2 is 0.848 bits per heavy atom. The van der Waals surface area contributed by atoms with Gasteiger partial charge < -0.3 is 103 Å². The largest absolute Gasteiger partial charge is 0.497 e. The van der Waals surface area contributed by atoms with Crippen LogP contribution in [0.25, 0.3) is 0 Å². The first kappa shape index (κ1) is 107. The molecule has 0 radical (unpaired) electrons. The highest BCUT2D eigenvalue weighted by molar-refractivity contribution is 6.76. The molecule has 0 spiro atoms. The molecule has 0 saturated carbocycles. The van der Waals surface area contributed by atoms with Crippen molar-refractivity contribution in [1.29, 1.82) is 0 Å². The first-order valence-electron chi connectivity index (χ1n) is 42.5. The van der Waals surface area contributed by atoms with E-state index >= 15 is 0 Å². The molecule has 10 atom stereocenters. The molecular weight excluding hydrogens is 1650 g/mol. The highest BCUT2D eigenvalue weighted by Crippen LogP contribution is 2.27. The van der Waals surface area contributed by atoms with Crippen LogP contribution in [0.4, 0.5) is 19.2 Å². The van der Waals surface area contributed by atoms with Crippen molar-refractivity contribution in [2.75, 3.05) is 68.2 Å². The molecule has 2 aliphatic heterocycles. The fourth-order valence-electron chi connectivity index (χ4n) is 12.7. The Balaban J connectivity index is 0.000000438. The topological polar surface area (TPSA) is 406 Å². The highest BCUT2D eigenvalue weighted by atomic mass is 28.3. The molecule has 33 nitrogen and oxygen atoms in total. The summed E-state index contributed by atoms with van der Waals surface area (Å²) in [5.41, 5.74) is 1.49. The summed E-state index contributed by atoms with van der Waals surface area (Å²) in [6.45, 7) is 34.9. The number of nitrogens with zero attached hydrogens (tertiary/aromatic N) is 3. The molecule has 2 saturated heterocycles. The van der Waals surface area contributed by atoms with E-state index in [0.717, 1.165) is 28.8 Å². The van der Waals surface area contributed by atoms with E-state index in [1.54, 1.807) is 92.1 Å². The monoisotopic (exact) mass is 1790 g/mol. The molecule has 0 aromatic heterocycles. The lowest BCUT2D eigenvalue weighted by Gasteiger charge is -2.34. The number of rotatable bonds is 42. The molecule has 0 bridgehead atoms. The number of carboxylic acids is 1. The zero-order valence-electron chi connectivity index (χ0n) is 77.1. The van der Waals surface area contributed by atoms with Gasteiger partial charge >= 0.3 is 54.2 Å². The number of esters is 4. The van der Waals surface area contributed by atoms with Crippen LogP contribution in [0.15, 0.2) is 109 Å². The molecule has 7 amide bonds. The van der Waals surface area contributed by atoms with E-state index in [-0.39, 0.29) is 57.5 Å². The van der Waals surface area contributed by atoms with Crippen molar-refractivity contribution in [2.24, 2.45) is 11.8 Å². The van der Waals surface area contributed by atoms with Crippen LogP contribution in [0.1, 0.15) is 144 Å². The normalized spacial score (nSPS) is 15.8. The van der Waals surface area contributed by atoms with Crippen LogP contribution in [0.5, 0.6) is 11.5 Å². The van der Waals surface area contributed by atoms with Crippen LogP contribution in [0, 0.1) is 11.8 Å². The van der Waals surface area contributed by atoms with Crippen LogP contribution in [0.3, 0.4) is 0 Å². The molecule has 696 valence electrons. The molecule has 35 heteroatoms. The van der Waals surface area contributed by atoms with Gasteiger partial charge in [-0.3, -0.25) is 19.2 Å². The average molecular weight is 1790 g/mol. The van der Waals surface area contributed by atoms with E-state index in [1.807, 2.05) is 100 Å². The number of aliphatic carboxylic acids is 1. The summed E-state index contributed by atoms with van der Waals surface area (Å²) < 4.78 is 64.8. The lowest BCUT2D eigenvalue weighted by molar-refractivity contribution is -0.169. The second-order valence-electron chi connectivity index (χ2n) is 36.0. The van der Waals surface area contributed by atoms with E-state index in [4.69, 9.17) is 56.8 Å². The van der Waals surface area contributed by atoms with Gasteiger partial charge in [0, 0.05) is 55.9 Å². The van der Waals surface area contributed by atoms with Gasteiger partial charge in [-0.1, -0.05) is 152 Å². The van der Waals surface area contributed by atoms with Gasteiger partial charge in [-0.05, 0) is 178 Å². The van der Waals surface area contributed by atoms with Crippen LogP contribution in [-0.4, -0.2) is 248 Å². The van der Waals surface area contributed by atoms with Crippen LogP contribution in [0.2, 0.25) is 51.4 Å². The lowest BCUT2D eigenvalue weighted by atomic mass is 10.0. The Kier molecular flexibility index (Phi) is 45.0. The number of hydrogen-bond donors (Lipinski definition) is 6.